The van der Waals surface area contributed by atoms with Gasteiger partial charge in [0, 0.05) is 4.88 Å². The topological polar surface area (TPSA) is 30.7 Å². The van der Waals surface area contributed by atoms with Crippen molar-refractivity contribution in [1.82, 2.24) is 15.0 Å². The zero-order valence-corrected chi connectivity index (χ0v) is 10.2. The number of rotatable bonds is 2. The van der Waals surface area contributed by atoms with Crippen LogP contribution < -0.4 is 0 Å². The van der Waals surface area contributed by atoms with Gasteiger partial charge in [-0.05, 0) is 36.1 Å². The molecule has 0 spiro atoms. The van der Waals surface area contributed by atoms with Gasteiger partial charge in [-0.3, -0.25) is 0 Å². The minimum absolute atomic E-state index is 0.923. The molecule has 0 bridgehead atoms. The summed E-state index contributed by atoms with van der Waals surface area (Å²) >= 11 is 1.75. The number of aryl methyl sites for hydroxylation is 1. The summed E-state index contributed by atoms with van der Waals surface area (Å²) in [6.07, 6.45) is 1.92. The van der Waals surface area contributed by atoms with E-state index in [2.05, 4.69) is 52.1 Å². The molecule has 84 valence electrons. The van der Waals surface area contributed by atoms with E-state index in [0.29, 0.717) is 0 Å². The molecule has 0 saturated heterocycles. The molecule has 1 aromatic carbocycles. The maximum absolute atomic E-state index is 4.05. The van der Waals surface area contributed by atoms with Gasteiger partial charge in [0.1, 0.15) is 0 Å². The van der Waals surface area contributed by atoms with Gasteiger partial charge in [-0.15, -0.1) is 16.4 Å². The first-order valence-corrected chi connectivity index (χ1v) is 6.24. The molecule has 0 unspecified atom stereocenters. The lowest BCUT2D eigenvalue weighted by molar-refractivity contribution is 0.801. The molecule has 17 heavy (non-hydrogen) atoms. The summed E-state index contributed by atoms with van der Waals surface area (Å²) in [7, 11) is 0. The molecular weight excluding hydrogens is 230 g/mol. The van der Waals surface area contributed by atoms with Gasteiger partial charge in [0.2, 0.25) is 0 Å². The van der Waals surface area contributed by atoms with E-state index in [9.17, 15) is 0 Å². The first-order valence-electron chi connectivity index (χ1n) is 5.36. The lowest BCUT2D eigenvalue weighted by Crippen LogP contribution is -1.94. The van der Waals surface area contributed by atoms with Crippen molar-refractivity contribution < 1.29 is 0 Å². The first-order chi connectivity index (χ1) is 8.33. The molecule has 4 heteroatoms. The van der Waals surface area contributed by atoms with Crippen LogP contribution in [0.25, 0.3) is 16.1 Å². The number of hydrogen-bond acceptors (Lipinski definition) is 3. The Balaban J connectivity index is 1.95. The molecule has 0 atom stereocenters. The van der Waals surface area contributed by atoms with Crippen LogP contribution in [-0.4, -0.2) is 15.0 Å². The second kappa shape index (κ2) is 4.14. The van der Waals surface area contributed by atoms with Gasteiger partial charge >= 0.3 is 0 Å². The predicted molar refractivity (Wildman–Crippen MR) is 69.4 cm³/mol. The smallest absolute Gasteiger partial charge is 0.0800 e. The Bertz CT molecular complexity index is 608. The number of nitrogens with zero attached hydrogens (tertiary/aromatic N) is 3. The van der Waals surface area contributed by atoms with Crippen molar-refractivity contribution in [1.29, 1.82) is 0 Å². The monoisotopic (exact) mass is 241 g/mol. The summed E-state index contributed by atoms with van der Waals surface area (Å²) < 4.78 is 1.79. The largest absolute Gasteiger partial charge is 0.220 e. The molecule has 2 heterocycles. The van der Waals surface area contributed by atoms with Crippen LogP contribution in [0.3, 0.4) is 0 Å². The van der Waals surface area contributed by atoms with E-state index in [0.717, 1.165) is 11.4 Å². The zero-order chi connectivity index (χ0) is 11.7. The van der Waals surface area contributed by atoms with Gasteiger partial charge in [0.15, 0.2) is 0 Å². The van der Waals surface area contributed by atoms with E-state index in [1.54, 1.807) is 16.0 Å². The van der Waals surface area contributed by atoms with E-state index in [1.807, 2.05) is 13.1 Å². The summed E-state index contributed by atoms with van der Waals surface area (Å²) in [5.74, 6) is 0. The fourth-order valence-electron chi connectivity index (χ4n) is 1.69. The third kappa shape index (κ3) is 1.99. The van der Waals surface area contributed by atoms with Gasteiger partial charge in [-0.25, -0.2) is 4.68 Å². The first kappa shape index (κ1) is 10.2. The fourth-order valence-corrected chi connectivity index (χ4v) is 2.43. The second-order valence-electron chi connectivity index (χ2n) is 3.83. The summed E-state index contributed by atoms with van der Waals surface area (Å²) in [6.45, 7) is 1.93. The lowest BCUT2D eigenvalue weighted by atomic mass is 10.2. The second-order valence-corrected chi connectivity index (χ2v) is 4.78. The maximum Gasteiger partial charge on any atom is 0.0800 e. The van der Waals surface area contributed by atoms with Crippen LogP contribution in [0.15, 0.2) is 48.0 Å². The SMILES string of the molecule is Cc1cn(-c2ccc(-c3cccs3)cc2)nn1. The van der Waals surface area contributed by atoms with Crippen molar-refractivity contribution in [2.45, 2.75) is 6.92 Å². The Morgan fingerprint density at radius 1 is 1.12 bits per heavy atom. The quantitative estimate of drug-likeness (QED) is 0.689. The van der Waals surface area contributed by atoms with Crippen molar-refractivity contribution in [3.63, 3.8) is 0 Å². The molecule has 0 radical (unpaired) electrons. The molecule has 0 amide bonds. The summed E-state index contributed by atoms with van der Waals surface area (Å²) in [5.41, 5.74) is 3.19. The van der Waals surface area contributed by atoms with E-state index in [4.69, 9.17) is 0 Å². The molecule has 3 nitrogen and oxygen atoms in total. The molecule has 2 aromatic heterocycles. The summed E-state index contributed by atoms with van der Waals surface area (Å²) in [4.78, 5) is 1.28. The standard InChI is InChI=1S/C13H11N3S/c1-10-9-16(15-14-10)12-6-4-11(5-7-12)13-3-2-8-17-13/h2-9H,1H3. The van der Waals surface area contributed by atoms with Crippen molar-refractivity contribution in [3.05, 3.63) is 53.7 Å². The highest BCUT2D eigenvalue weighted by Crippen LogP contribution is 2.25. The normalized spacial score (nSPS) is 10.6. The van der Waals surface area contributed by atoms with E-state index in [1.165, 1.54) is 10.4 Å². The van der Waals surface area contributed by atoms with Crippen LogP contribution in [0.1, 0.15) is 5.69 Å². The minimum atomic E-state index is 0.923. The maximum atomic E-state index is 4.05. The van der Waals surface area contributed by atoms with E-state index >= 15 is 0 Å². The number of benzene rings is 1. The van der Waals surface area contributed by atoms with Gasteiger partial charge in [0.05, 0.1) is 17.6 Å². The third-order valence-electron chi connectivity index (χ3n) is 2.55. The van der Waals surface area contributed by atoms with Gasteiger partial charge in [-0.2, -0.15) is 0 Å². The van der Waals surface area contributed by atoms with Gasteiger partial charge < -0.3 is 0 Å². The Kier molecular flexibility index (Phi) is 2.49. The van der Waals surface area contributed by atoms with E-state index < -0.39 is 0 Å². The molecule has 0 aliphatic carbocycles. The predicted octanol–water partition coefficient (Wildman–Crippen LogP) is 3.30. The highest BCUT2D eigenvalue weighted by Gasteiger charge is 2.01. The average molecular weight is 241 g/mol. The summed E-state index contributed by atoms with van der Waals surface area (Å²) in [6, 6.07) is 12.5. The third-order valence-corrected chi connectivity index (χ3v) is 3.46. The lowest BCUT2D eigenvalue weighted by Gasteiger charge is -2.01. The van der Waals surface area contributed by atoms with Crippen LogP contribution in [0.2, 0.25) is 0 Å². The van der Waals surface area contributed by atoms with Crippen LogP contribution in [0.4, 0.5) is 0 Å². The van der Waals surface area contributed by atoms with Crippen LogP contribution in [0.5, 0.6) is 0 Å². The Labute approximate surface area is 103 Å². The van der Waals surface area contributed by atoms with Crippen LogP contribution in [-0.2, 0) is 0 Å². The molecule has 0 saturated carbocycles. The van der Waals surface area contributed by atoms with Crippen molar-refractivity contribution in [2.75, 3.05) is 0 Å². The number of aromatic nitrogens is 3. The minimum Gasteiger partial charge on any atom is -0.220 e. The van der Waals surface area contributed by atoms with Gasteiger partial charge in [0.25, 0.3) is 0 Å². The molecule has 0 aliphatic heterocycles. The van der Waals surface area contributed by atoms with Crippen molar-refractivity contribution >= 4 is 11.3 Å². The number of hydrogen-bond donors (Lipinski definition) is 0. The molecular formula is C13H11N3S. The van der Waals surface area contributed by atoms with Crippen molar-refractivity contribution in [3.8, 4) is 16.1 Å². The number of thiophene rings is 1. The molecule has 3 aromatic rings. The Morgan fingerprint density at radius 3 is 2.53 bits per heavy atom. The average Bonchev–Trinajstić information content (AvgIpc) is 3.00. The van der Waals surface area contributed by atoms with Crippen LogP contribution >= 0.6 is 11.3 Å². The van der Waals surface area contributed by atoms with E-state index in [-0.39, 0.29) is 0 Å². The zero-order valence-electron chi connectivity index (χ0n) is 9.37. The molecule has 0 aliphatic rings. The van der Waals surface area contributed by atoms with Crippen molar-refractivity contribution in [2.24, 2.45) is 0 Å². The molecule has 0 N–H and O–H groups in total. The van der Waals surface area contributed by atoms with Gasteiger partial charge in [-0.1, -0.05) is 23.4 Å². The summed E-state index contributed by atoms with van der Waals surface area (Å²) in [5, 5.41) is 10.1. The Hall–Kier alpha value is -1.94. The highest BCUT2D eigenvalue weighted by atomic mass is 32.1. The van der Waals surface area contributed by atoms with Crippen LogP contribution in [0, 0.1) is 6.92 Å². The Morgan fingerprint density at radius 2 is 1.94 bits per heavy atom. The molecule has 3 rings (SSSR count). The fraction of sp³-hybridized carbons (Fsp3) is 0.0769. The highest BCUT2D eigenvalue weighted by molar-refractivity contribution is 7.13. The molecule has 0 fully saturated rings.